The van der Waals surface area contributed by atoms with Gasteiger partial charge in [0, 0.05) is 10.0 Å². The smallest absolute Gasteiger partial charge is 0.247 e. The molecule has 2 rings (SSSR count). The first-order valence-electron chi connectivity index (χ1n) is 5.82. The van der Waals surface area contributed by atoms with Gasteiger partial charge in [-0.2, -0.15) is 5.10 Å². The van der Waals surface area contributed by atoms with Crippen molar-refractivity contribution in [1.29, 1.82) is 0 Å². The van der Waals surface area contributed by atoms with E-state index in [0.29, 0.717) is 15.9 Å². The van der Waals surface area contributed by atoms with E-state index in [0.717, 1.165) is 10.0 Å². The van der Waals surface area contributed by atoms with Gasteiger partial charge in [-0.05, 0) is 18.2 Å². The van der Waals surface area contributed by atoms with Gasteiger partial charge in [-0.3, -0.25) is 4.79 Å². The Kier molecular flexibility index (Phi) is 5.23. The van der Waals surface area contributed by atoms with Gasteiger partial charge in [-0.15, -0.1) is 10.2 Å². The van der Waals surface area contributed by atoms with Gasteiger partial charge in [0.2, 0.25) is 11.0 Å². The number of aromatic nitrogens is 2. The summed E-state index contributed by atoms with van der Waals surface area (Å²) >= 11 is 4.53. The van der Waals surface area contributed by atoms with Gasteiger partial charge in [-0.1, -0.05) is 27.3 Å². The van der Waals surface area contributed by atoms with Crippen molar-refractivity contribution in [3.05, 3.63) is 33.2 Å². The Labute approximate surface area is 133 Å². The molecule has 9 heteroatoms. The Bertz CT molecular complexity index is 673. The monoisotopic (exact) mass is 369 g/mol. The van der Waals surface area contributed by atoms with Crippen molar-refractivity contribution in [3.63, 3.8) is 0 Å². The number of methoxy groups -OCH3 is 1. The molecule has 1 amide bonds. The summed E-state index contributed by atoms with van der Waals surface area (Å²) in [6.07, 6.45) is 1.60. The number of benzene rings is 1. The molecule has 7 nitrogen and oxygen atoms in total. The van der Waals surface area contributed by atoms with E-state index in [4.69, 9.17) is 10.5 Å². The van der Waals surface area contributed by atoms with Crippen LogP contribution in [0.3, 0.4) is 0 Å². The van der Waals surface area contributed by atoms with Gasteiger partial charge in [0.25, 0.3) is 0 Å². The molecular formula is C12H12BrN5O2S. The van der Waals surface area contributed by atoms with E-state index in [1.165, 1.54) is 17.6 Å². The molecule has 3 N–H and O–H groups in total. The first-order valence-corrected chi connectivity index (χ1v) is 7.42. The van der Waals surface area contributed by atoms with Crippen molar-refractivity contribution >= 4 is 44.5 Å². The average molecular weight is 370 g/mol. The lowest BCUT2D eigenvalue weighted by Crippen LogP contribution is -2.19. The Morgan fingerprint density at radius 3 is 3.05 bits per heavy atom. The molecule has 0 saturated carbocycles. The number of anilines is 1. The van der Waals surface area contributed by atoms with E-state index in [1.54, 1.807) is 13.2 Å². The fourth-order valence-electron chi connectivity index (χ4n) is 1.49. The summed E-state index contributed by atoms with van der Waals surface area (Å²) in [6, 6.07) is 5.49. The summed E-state index contributed by atoms with van der Waals surface area (Å²) in [5.41, 5.74) is 8.60. The highest BCUT2D eigenvalue weighted by Crippen LogP contribution is 2.21. The maximum atomic E-state index is 11.7. The van der Waals surface area contributed by atoms with Crippen LogP contribution in [0.1, 0.15) is 10.6 Å². The number of carbonyl (C=O) groups is 1. The maximum absolute atomic E-state index is 11.7. The SMILES string of the molecule is COc1ccc(Br)cc1/C=N/NC(=O)Cc1nnc(N)s1. The van der Waals surface area contributed by atoms with Crippen LogP contribution in [-0.4, -0.2) is 29.4 Å². The van der Waals surface area contributed by atoms with Crippen LogP contribution < -0.4 is 15.9 Å². The molecule has 110 valence electrons. The molecule has 0 radical (unpaired) electrons. The molecule has 0 atom stereocenters. The van der Waals surface area contributed by atoms with Crippen LogP contribution in [0.2, 0.25) is 0 Å². The first kappa shape index (κ1) is 15.4. The van der Waals surface area contributed by atoms with Gasteiger partial charge in [-0.25, -0.2) is 5.43 Å². The van der Waals surface area contributed by atoms with Crippen LogP contribution in [0.25, 0.3) is 0 Å². The number of carbonyl (C=O) groups excluding carboxylic acids is 1. The standard InChI is InChI=1S/C12H12BrN5O2S/c1-20-9-3-2-8(13)4-7(9)6-15-16-10(19)5-11-17-18-12(14)21-11/h2-4,6H,5H2,1H3,(H2,14,18)(H,16,19)/b15-6+. The predicted octanol–water partition coefficient (Wildman–Crippen LogP) is 1.58. The average Bonchev–Trinajstić information content (AvgIpc) is 2.84. The molecule has 0 bridgehead atoms. The highest BCUT2D eigenvalue weighted by molar-refractivity contribution is 9.10. The number of hydrogen-bond donors (Lipinski definition) is 2. The third-order valence-corrected chi connectivity index (χ3v) is 3.62. The number of nitrogens with one attached hydrogen (secondary N) is 1. The van der Waals surface area contributed by atoms with Gasteiger partial charge in [0.05, 0.1) is 19.7 Å². The van der Waals surface area contributed by atoms with E-state index in [-0.39, 0.29) is 12.3 Å². The van der Waals surface area contributed by atoms with E-state index in [1.807, 2.05) is 12.1 Å². The molecule has 0 aliphatic carbocycles. The lowest BCUT2D eigenvalue weighted by Gasteiger charge is -2.04. The first-order chi connectivity index (χ1) is 10.1. The zero-order chi connectivity index (χ0) is 15.2. The molecule has 0 unspecified atom stereocenters. The number of hydrazone groups is 1. The van der Waals surface area contributed by atoms with E-state index in [2.05, 4.69) is 36.7 Å². The summed E-state index contributed by atoms with van der Waals surface area (Å²) in [4.78, 5) is 11.7. The third kappa shape index (κ3) is 4.50. The largest absolute Gasteiger partial charge is 0.496 e. The van der Waals surface area contributed by atoms with E-state index >= 15 is 0 Å². The minimum atomic E-state index is -0.295. The summed E-state index contributed by atoms with van der Waals surface area (Å²) in [6.45, 7) is 0. The van der Waals surface area contributed by atoms with Crippen molar-refractivity contribution < 1.29 is 9.53 Å². The Balaban J connectivity index is 1.95. The Morgan fingerprint density at radius 1 is 1.57 bits per heavy atom. The van der Waals surface area contributed by atoms with Crippen LogP contribution in [0.4, 0.5) is 5.13 Å². The molecule has 0 fully saturated rings. The number of nitrogens with zero attached hydrogens (tertiary/aromatic N) is 3. The number of rotatable bonds is 5. The van der Waals surface area contributed by atoms with Crippen LogP contribution >= 0.6 is 27.3 Å². The number of ether oxygens (including phenoxy) is 1. The van der Waals surface area contributed by atoms with E-state index in [9.17, 15) is 4.79 Å². The normalized spacial score (nSPS) is 10.8. The second kappa shape index (κ2) is 7.14. The second-order valence-electron chi connectivity index (χ2n) is 3.89. The van der Waals surface area contributed by atoms with Gasteiger partial charge in [0.1, 0.15) is 10.8 Å². The molecular weight excluding hydrogens is 358 g/mol. The molecule has 0 aliphatic heterocycles. The predicted molar refractivity (Wildman–Crippen MR) is 84.5 cm³/mol. The highest BCUT2D eigenvalue weighted by atomic mass is 79.9. The molecule has 1 aromatic carbocycles. The number of amides is 1. The molecule has 1 heterocycles. The minimum Gasteiger partial charge on any atom is -0.496 e. The summed E-state index contributed by atoms with van der Waals surface area (Å²) in [5.74, 6) is 0.365. The molecule has 2 aromatic rings. The molecule has 0 spiro atoms. The quantitative estimate of drug-likeness (QED) is 0.615. The molecule has 0 aliphatic rings. The van der Waals surface area contributed by atoms with Gasteiger partial charge >= 0.3 is 0 Å². The third-order valence-electron chi connectivity index (χ3n) is 2.38. The highest BCUT2D eigenvalue weighted by Gasteiger charge is 2.07. The molecule has 0 saturated heterocycles. The lowest BCUT2D eigenvalue weighted by molar-refractivity contribution is -0.120. The van der Waals surface area contributed by atoms with Crippen molar-refractivity contribution in [3.8, 4) is 5.75 Å². The minimum absolute atomic E-state index is 0.0851. The van der Waals surface area contributed by atoms with Crippen molar-refractivity contribution in [2.75, 3.05) is 12.8 Å². The number of halogens is 1. The van der Waals surface area contributed by atoms with E-state index < -0.39 is 0 Å². The Morgan fingerprint density at radius 2 is 2.38 bits per heavy atom. The van der Waals surface area contributed by atoms with Crippen LogP contribution in [0, 0.1) is 0 Å². The van der Waals surface area contributed by atoms with Crippen LogP contribution in [0.15, 0.2) is 27.8 Å². The second-order valence-corrected chi connectivity index (χ2v) is 5.90. The van der Waals surface area contributed by atoms with Crippen molar-refractivity contribution in [2.45, 2.75) is 6.42 Å². The Hall–Kier alpha value is -2.00. The van der Waals surface area contributed by atoms with Crippen LogP contribution in [-0.2, 0) is 11.2 Å². The topological polar surface area (TPSA) is 102 Å². The number of nitrogen functional groups attached to an aromatic ring is 1. The lowest BCUT2D eigenvalue weighted by atomic mass is 10.2. The number of hydrogen-bond acceptors (Lipinski definition) is 7. The number of nitrogens with two attached hydrogens (primary N) is 1. The van der Waals surface area contributed by atoms with Gasteiger partial charge in [0.15, 0.2) is 0 Å². The maximum Gasteiger partial charge on any atom is 0.247 e. The molecule has 21 heavy (non-hydrogen) atoms. The molecule has 1 aromatic heterocycles. The fourth-order valence-corrected chi connectivity index (χ4v) is 2.48. The zero-order valence-electron chi connectivity index (χ0n) is 11.0. The summed E-state index contributed by atoms with van der Waals surface area (Å²) in [7, 11) is 1.57. The fraction of sp³-hybridized carbons (Fsp3) is 0.167. The summed E-state index contributed by atoms with van der Waals surface area (Å²) < 4.78 is 6.09. The summed E-state index contributed by atoms with van der Waals surface area (Å²) in [5, 5.41) is 12.2. The van der Waals surface area contributed by atoms with Crippen molar-refractivity contribution in [2.24, 2.45) is 5.10 Å². The van der Waals surface area contributed by atoms with Crippen LogP contribution in [0.5, 0.6) is 5.75 Å². The zero-order valence-corrected chi connectivity index (χ0v) is 13.4. The van der Waals surface area contributed by atoms with Crippen molar-refractivity contribution in [1.82, 2.24) is 15.6 Å². The van der Waals surface area contributed by atoms with Gasteiger partial charge < -0.3 is 10.5 Å².